The van der Waals surface area contributed by atoms with Gasteiger partial charge in [-0.2, -0.15) is 0 Å². The van der Waals surface area contributed by atoms with Crippen molar-refractivity contribution < 1.29 is 14.4 Å². The number of nitrogens with zero attached hydrogens (tertiary/aromatic N) is 1. The van der Waals surface area contributed by atoms with E-state index >= 15 is 0 Å². The van der Waals surface area contributed by atoms with Crippen LogP contribution in [-0.2, 0) is 14.4 Å². The van der Waals surface area contributed by atoms with E-state index in [1.807, 2.05) is 0 Å². The lowest BCUT2D eigenvalue weighted by atomic mass is 9.45. The largest absolute Gasteiger partial charge is 0.392 e. The molecule has 0 spiro atoms. The molecule has 0 amide bonds. The molecule has 0 saturated heterocycles. The van der Waals surface area contributed by atoms with Gasteiger partial charge in [0.15, 0.2) is 0 Å². The maximum absolute atomic E-state index is 12.6. The number of Topliss-reactive ketones (excluding diaryl/α,β-unsaturated/α-hetero) is 2. The molecule has 0 aliphatic heterocycles. The van der Waals surface area contributed by atoms with Crippen molar-refractivity contribution in [3.8, 4) is 0 Å². The Hall–Kier alpha value is -1.45. The van der Waals surface area contributed by atoms with E-state index in [0.29, 0.717) is 54.7 Å². The molecule has 4 saturated carbocycles. The predicted octanol–water partition coefficient (Wildman–Crippen LogP) is 4.34. The molecule has 26 heavy (non-hydrogen) atoms. The summed E-state index contributed by atoms with van der Waals surface area (Å²) in [5, 5.41) is 4.54. The van der Waals surface area contributed by atoms with Crippen LogP contribution >= 0.6 is 0 Å². The highest BCUT2D eigenvalue weighted by atomic mass is 16.6. The number of ketones is 2. The van der Waals surface area contributed by atoms with Crippen LogP contribution in [0.5, 0.6) is 0 Å². The number of carbonyl (C=O) groups is 2. The molecule has 4 nitrogen and oxygen atoms in total. The highest BCUT2D eigenvalue weighted by molar-refractivity contribution is 5.93. The average molecular weight is 357 g/mol. The van der Waals surface area contributed by atoms with Gasteiger partial charge in [-0.25, -0.2) is 0 Å². The molecule has 0 heterocycles. The molecule has 6 atom stereocenters. The molecule has 0 aromatic carbocycles. The van der Waals surface area contributed by atoms with E-state index in [1.165, 1.54) is 0 Å². The van der Waals surface area contributed by atoms with E-state index in [1.54, 1.807) is 6.08 Å². The number of rotatable bonds is 3. The maximum atomic E-state index is 12.6. The molecule has 0 N–H and O–H groups in total. The molecule has 0 bridgehead atoms. The molecule has 4 rings (SSSR count). The predicted molar refractivity (Wildman–Crippen MR) is 101 cm³/mol. The van der Waals surface area contributed by atoms with Gasteiger partial charge >= 0.3 is 0 Å². The quantitative estimate of drug-likeness (QED) is 0.429. The summed E-state index contributed by atoms with van der Waals surface area (Å²) < 4.78 is 0. The minimum Gasteiger partial charge on any atom is -0.392 e. The van der Waals surface area contributed by atoms with Gasteiger partial charge in [-0.3, -0.25) is 9.59 Å². The smallest absolute Gasteiger partial charge is 0.139 e. The van der Waals surface area contributed by atoms with E-state index in [0.717, 1.165) is 44.2 Å². The molecule has 4 aliphatic rings. The third-order valence-electron chi connectivity index (χ3n) is 8.39. The lowest BCUT2D eigenvalue weighted by Gasteiger charge is -2.59. The molecule has 0 aromatic rings. The Morgan fingerprint density at radius 2 is 1.96 bits per heavy atom. The number of carbonyl (C=O) groups excluding carboxylic acids is 2. The lowest BCUT2D eigenvalue weighted by Crippen LogP contribution is -2.57. The second-order valence-electron chi connectivity index (χ2n) is 9.47. The van der Waals surface area contributed by atoms with Gasteiger partial charge in [-0.15, -0.1) is 0 Å². The molecule has 0 radical (unpaired) electrons. The average Bonchev–Trinajstić information content (AvgIpc) is 2.91. The Morgan fingerprint density at radius 3 is 2.73 bits per heavy atom. The monoisotopic (exact) mass is 357 g/mol. The zero-order valence-corrected chi connectivity index (χ0v) is 16.1. The van der Waals surface area contributed by atoms with Crippen LogP contribution in [0.1, 0.15) is 65.2 Å². The first-order valence-corrected chi connectivity index (χ1v) is 10.2. The van der Waals surface area contributed by atoms with Gasteiger partial charge in [0, 0.05) is 30.6 Å². The van der Waals surface area contributed by atoms with Crippen LogP contribution in [0.25, 0.3) is 0 Å². The van der Waals surface area contributed by atoms with Crippen molar-refractivity contribution in [1.82, 2.24) is 0 Å². The summed E-state index contributed by atoms with van der Waals surface area (Å²) in [6.45, 7) is 8.70. The van der Waals surface area contributed by atoms with Crippen molar-refractivity contribution in [1.29, 1.82) is 0 Å². The van der Waals surface area contributed by atoms with Gasteiger partial charge in [0.1, 0.15) is 18.2 Å². The Balaban J connectivity index is 1.73. The zero-order valence-electron chi connectivity index (χ0n) is 16.1. The highest BCUT2D eigenvalue weighted by Gasteiger charge is 2.62. The van der Waals surface area contributed by atoms with Gasteiger partial charge in [-0.1, -0.05) is 31.7 Å². The summed E-state index contributed by atoms with van der Waals surface area (Å²) in [7, 11) is 0. The Bertz CT molecular complexity index is 668. The van der Waals surface area contributed by atoms with Gasteiger partial charge in [-0.05, 0) is 55.3 Å². The van der Waals surface area contributed by atoms with Crippen LogP contribution in [-0.4, -0.2) is 23.9 Å². The fraction of sp³-hybridized carbons (Fsp3) is 0.773. The first-order chi connectivity index (χ1) is 12.4. The second-order valence-corrected chi connectivity index (χ2v) is 9.47. The maximum Gasteiger partial charge on any atom is 0.139 e. The molecule has 4 aliphatic carbocycles. The molecule has 4 fully saturated rings. The third-order valence-corrected chi connectivity index (χ3v) is 8.39. The van der Waals surface area contributed by atoms with Crippen molar-refractivity contribution in [2.75, 3.05) is 6.61 Å². The van der Waals surface area contributed by atoms with Crippen LogP contribution < -0.4 is 0 Å². The van der Waals surface area contributed by atoms with E-state index in [2.05, 4.69) is 25.6 Å². The molecule has 142 valence electrons. The summed E-state index contributed by atoms with van der Waals surface area (Å²) >= 11 is 0. The third kappa shape index (κ3) is 2.51. The zero-order chi connectivity index (χ0) is 18.5. The SMILES string of the molecule is C=CCO/N=C1/CC2CC(=O)CC[C@]2(C)[C@H]2CC[C@]3(C)C(=O)CC[C@H]3[C@H]12. The number of hydrogen-bond acceptors (Lipinski definition) is 4. The summed E-state index contributed by atoms with van der Waals surface area (Å²) in [6.07, 6.45) is 8.72. The van der Waals surface area contributed by atoms with Crippen LogP contribution in [0.3, 0.4) is 0 Å². The number of hydrogen-bond donors (Lipinski definition) is 0. The van der Waals surface area contributed by atoms with Crippen LogP contribution in [0.2, 0.25) is 0 Å². The van der Waals surface area contributed by atoms with Gasteiger partial charge in [0.25, 0.3) is 0 Å². The first-order valence-electron chi connectivity index (χ1n) is 10.2. The van der Waals surface area contributed by atoms with Crippen molar-refractivity contribution in [2.45, 2.75) is 65.2 Å². The van der Waals surface area contributed by atoms with Crippen LogP contribution in [0.15, 0.2) is 17.8 Å². The number of fused-ring (bicyclic) bond motifs is 5. The molecule has 1 unspecified atom stereocenters. The Kier molecular flexibility index (Phi) is 4.36. The van der Waals surface area contributed by atoms with Gasteiger partial charge in [0.05, 0.1) is 5.71 Å². The van der Waals surface area contributed by atoms with Crippen molar-refractivity contribution in [3.05, 3.63) is 12.7 Å². The van der Waals surface area contributed by atoms with E-state index < -0.39 is 0 Å². The van der Waals surface area contributed by atoms with Crippen LogP contribution in [0.4, 0.5) is 0 Å². The summed E-state index contributed by atoms with van der Waals surface area (Å²) in [6, 6.07) is 0. The molecule has 4 heteroatoms. The topological polar surface area (TPSA) is 55.7 Å². The van der Waals surface area contributed by atoms with Crippen molar-refractivity contribution >= 4 is 17.3 Å². The van der Waals surface area contributed by atoms with E-state index in [9.17, 15) is 9.59 Å². The van der Waals surface area contributed by atoms with E-state index in [4.69, 9.17) is 4.84 Å². The normalized spacial score (nSPS) is 46.5. The standard InChI is InChI=1S/C22H31NO3/c1-4-11-26-23-18-13-14-12-15(24)7-9-21(14,2)17-8-10-22(3)16(20(17)18)5-6-19(22)25/h4,14,16-17,20H,1,5-13H2,2-3H3/b23-18-/t14?,16-,17-,20-,21-,22-/m0/s1. The Labute approximate surface area is 156 Å². The highest BCUT2D eigenvalue weighted by Crippen LogP contribution is 2.64. The van der Waals surface area contributed by atoms with E-state index in [-0.39, 0.29) is 10.8 Å². The Morgan fingerprint density at radius 1 is 1.15 bits per heavy atom. The summed E-state index contributed by atoms with van der Waals surface area (Å²) in [5.41, 5.74) is 1.12. The summed E-state index contributed by atoms with van der Waals surface area (Å²) in [5.74, 6) is 2.45. The van der Waals surface area contributed by atoms with Gasteiger partial charge in [0.2, 0.25) is 0 Å². The summed E-state index contributed by atoms with van der Waals surface area (Å²) in [4.78, 5) is 30.3. The van der Waals surface area contributed by atoms with Crippen molar-refractivity contribution in [3.63, 3.8) is 0 Å². The number of oxime groups is 1. The van der Waals surface area contributed by atoms with Crippen molar-refractivity contribution in [2.24, 2.45) is 39.7 Å². The minimum atomic E-state index is -0.186. The lowest BCUT2D eigenvalue weighted by molar-refractivity contribution is -0.135. The van der Waals surface area contributed by atoms with Crippen LogP contribution in [0, 0.1) is 34.5 Å². The molecular weight excluding hydrogens is 326 g/mol. The van der Waals surface area contributed by atoms with Gasteiger partial charge < -0.3 is 4.84 Å². The molecular formula is C22H31NO3. The second kappa shape index (κ2) is 6.31. The fourth-order valence-electron chi connectivity index (χ4n) is 6.79. The molecule has 0 aromatic heterocycles. The first kappa shape index (κ1) is 17.9. The minimum absolute atomic E-state index is 0.186. The fourth-order valence-corrected chi connectivity index (χ4v) is 6.79.